The lowest BCUT2D eigenvalue weighted by molar-refractivity contribution is -0.111. The van der Waals surface area contributed by atoms with E-state index in [1.165, 1.54) is 37.6 Å². The number of benzene rings is 1. The summed E-state index contributed by atoms with van der Waals surface area (Å²) in [6, 6.07) is 11.8. The van der Waals surface area contributed by atoms with Crippen molar-refractivity contribution in [3.05, 3.63) is 66.0 Å². The van der Waals surface area contributed by atoms with Gasteiger partial charge in [0, 0.05) is 30.7 Å². The van der Waals surface area contributed by atoms with Crippen molar-refractivity contribution in [2.45, 2.75) is 19.4 Å². The number of carbonyl (C=O) groups excluding carboxylic acids is 1. The second kappa shape index (κ2) is 7.70. The van der Waals surface area contributed by atoms with Crippen molar-refractivity contribution >= 4 is 17.7 Å². The van der Waals surface area contributed by atoms with Crippen LogP contribution in [-0.2, 0) is 11.3 Å². The Hall–Kier alpha value is -2.46. The van der Waals surface area contributed by atoms with Crippen molar-refractivity contribution in [2.75, 3.05) is 18.4 Å². The highest BCUT2D eigenvalue weighted by molar-refractivity contribution is 6.01. The maximum atomic E-state index is 12.0. The molecule has 2 aromatic rings. The Balaban J connectivity index is 1.58. The number of anilines is 1. The standard InChI is InChI=1S/C19H21N3O/c23-19(9-8-16-6-4-10-20-14-16)21-18-7-3-5-17(13-18)15-22-11-1-2-12-22/h3-10,13-14H,1-2,11-12,15H2,(H,21,23). The lowest BCUT2D eigenvalue weighted by atomic mass is 10.2. The Morgan fingerprint density at radius 3 is 2.87 bits per heavy atom. The fourth-order valence-corrected chi connectivity index (χ4v) is 2.78. The summed E-state index contributed by atoms with van der Waals surface area (Å²) in [7, 11) is 0. The van der Waals surface area contributed by atoms with Crippen LogP contribution in [0.5, 0.6) is 0 Å². The van der Waals surface area contributed by atoms with E-state index in [1.807, 2.05) is 30.3 Å². The minimum atomic E-state index is -0.132. The van der Waals surface area contributed by atoms with Crippen molar-refractivity contribution in [3.8, 4) is 0 Å². The average Bonchev–Trinajstić information content (AvgIpc) is 3.07. The summed E-state index contributed by atoms with van der Waals surface area (Å²) in [6.07, 6.45) is 9.30. The molecule has 4 heteroatoms. The minimum absolute atomic E-state index is 0.132. The fourth-order valence-electron chi connectivity index (χ4n) is 2.78. The molecule has 2 heterocycles. The zero-order valence-electron chi connectivity index (χ0n) is 13.1. The molecule has 0 bridgehead atoms. The summed E-state index contributed by atoms with van der Waals surface area (Å²) < 4.78 is 0. The number of amides is 1. The van der Waals surface area contributed by atoms with Gasteiger partial charge in [-0.05, 0) is 61.3 Å². The van der Waals surface area contributed by atoms with Crippen LogP contribution in [0.25, 0.3) is 6.08 Å². The molecular weight excluding hydrogens is 286 g/mol. The SMILES string of the molecule is O=C(C=Cc1cccnc1)Nc1cccc(CN2CCCC2)c1. The molecule has 23 heavy (non-hydrogen) atoms. The van der Waals surface area contributed by atoms with Crippen LogP contribution in [0, 0.1) is 0 Å². The molecule has 1 amide bonds. The van der Waals surface area contributed by atoms with Crippen molar-refractivity contribution in [1.82, 2.24) is 9.88 Å². The first-order valence-electron chi connectivity index (χ1n) is 8.00. The van der Waals surface area contributed by atoms with Crippen molar-refractivity contribution in [3.63, 3.8) is 0 Å². The van der Waals surface area contributed by atoms with Crippen LogP contribution in [0.1, 0.15) is 24.0 Å². The first-order valence-corrected chi connectivity index (χ1v) is 8.00. The Kier molecular flexibility index (Phi) is 5.17. The third-order valence-electron chi connectivity index (χ3n) is 3.91. The monoisotopic (exact) mass is 307 g/mol. The summed E-state index contributed by atoms with van der Waals surface area (Å²) >= 11 is 0. The van der Waals surface area contributed by atoms with Gasteiger partial charge in [0.15, 0.2) is 0 Å². The second-order valence-corrected chi connectivity index (χ2v) is 5.79. The van der Waals surface area contributed by atoms with Gasteiger partial charge in [-0.25, -0.2) is 0 Å². The van der Waals surface area contributed by atoms with Crippen LogP contribution in [0.4, 0.5) is 5.69 Å². The van der Waals surface area contributed by atoms with Gasteiger partial charge in [0.25, 0.3) is 0 Å². The molecule has 0 aliphatic carbocycles. The third kappa shape index (κ3) is 4.76. The first kappa shape index (κ1) is 15.4. The van der Waals surface area contributed by atoms with Crippen LogP contribution in [0.2, 0.25) is 0 Å². The highest BCUT2D eigenvalue weighted by Gasteiger charge is 2.11. The number of hydrogen-bond acceptors (Lipinski definition) is 3. The summed E-state index contributed by atoms with van der Waals surface area (Å²) in [5, 5.41) is 2.91. The van der Waals surface area contributed by atoms with E-state index in [1.54, 1.807) is 18.5 Å². The number of likely N-dealkylation sites (tertiary alicyclic amines) is 1. The molecule has 1 aromatic heterocycles. The summed E-state index contributed by atoms with van der Waals surface area (Å²) in [4.78, 5) is 18.5. The van der Waals surface area contributed by atoms with Gasteiger partial charge in [0.05, 0.1) is 0 Å². The normalized spacial score (nSPS) is 15.1. The number of nitrogens with one attached hydrogen (secondary N) is 1. The smallest absolute Gasteiger partial charge is 0.248 e. The highest BCUT2D eigenvalue weighted by atomic mass is 16.1. The lowest BCUT2D eigenvalue weighted by Gasteiger charge is -2.15. The zero-order chi connectivity index (χ0) is 15.9. The van der Waals surface area contributed by atoms with E-state index in [2.05, 4.69) is 21.3 Å². The van der Waals surface area contributed by atoms with Crippen molar-refractivity contribution in [1.29, 1.82) is 0 Å². The predicted octanol–water partition coefficient (Wildman–Crippen LogP) is 3.33. The molecule has 0 unspecified atom stereocenters. The summed E-state index contributed by atoms with van der Waals surface area (Å²) in [5.74, 6) is -0.132. The van der Waals surface area contributed by atoms with Gasteiger partial charge >= 0.3 is 0 Å². The first-order chi connectivity index (χ1) is 11.3. The third-order valence-corrected chi connectivity index (χ3v) is 3.91. The lowest BCUT2D eigenvalue weighted by Crippen LogP contribution is -2.18. The quantitative estimate of drug-likeness (QED) is 0.862. The Labute approximate surface area is 136 Å². The van der Waals surface area contributed by atoms with Gasteiger partial charge in [-0.15, -0.1) is 0 Å². The number of aromatic nitrogens is 1. The molecule has 0 atom stereocenters. The maximum Gasteiger partial charge on any atom is 0.248 e. The number of rotatable bonds is 5. The van der Waals surface area contributed by atoms with Crippen molar-refractivity contribution < 1.29 is 4.79 Å². The summed E-state index contributed by atoms with van der Waals surface area (Å²) in [6.45, 7) is 3.30. The van der Waals surface area contributed by atoms with E-state index in [4.69, 9.17) is 0 Å². The molecular formula is C19H21N3O. The molecule has 3 rings (SSSR count). The predicted molar refractivity (Wildman–Crippen MR) is 92.9 cm³/mol. The number of nitrogens with zero attached hydrogens (tertiary/aromatic N) is 2. The minimum Gasteiger partial charge on any atom is -0.323 e. The van der Waals surface area contributed by atoms with Gasteiger partial charge in [-0.2, -0.15) is 0 Å². The number of hydrogen-bond donors (Lipinski definition) is 1. The average molecular weight is 307 g/mol. The molecule has 1 N–H and O–H groups in total. The van der Waals surface area contributed by atoms with E-state index in [0.29, 0.717) is 0 Å². The molecule has 1 saturated heterocycles. The van der Waals surface area contributed by atoms with E-state index >= 15 is 0 Å². The molecule has 118 valence electrons. The maximum absolute atomic E-state index is 12.0. The summed E-state index contributed by atoms with van der Waals surface area (Å²) in [5.41, 5.74) is 2.98. The van der Waals surface area contributed by atoms with Crippen molar-refractivity contribution in [2.24, 2.45) is 0 Å². The van der Waals surface area contributed by atoms with E-state index in [9.17, 15) is 4.79 Å². The van der Waals surface area contributed by atoms with Crippen LogP contribution >= 0.6 is 0 Å². The van der Waals surface area contributed by atoms with Gasteiger partial charge in [0.1, 0.15) is 0 Å². The Morgan fingerprint density at radius 2 is 2.09 bits per heavy atom. The molecule has 4 nitrogen and oxygen atoms in total. The van der Waals surface area contributed by atoms with Gasteiger partial charge < -0.3 is 5.32 Å². The second-order valence-electron chi connectivity index (χ2n) is 5.79. The van der Waals surface area contributed by atoms with E-state index < -0.39 is 0 Å². The molecule has 0 radical (unpaired) electrons. The Morgan fingerprint density at radius 1 is 1.22 bits per heavy atom. The van der Waals surface area contributed by atoms with Gasteiger partial charge in [0.2, 0.25) is 5.91 Å². The highest BCUT2D eigenvalue weighted by Crippen LogP contribution is 2.16. The molecule has 0 spiro atoms. The number of pyridine rings is 1. The van der Waals surface area contributed by atoms with E-state index in [0.717, 1.165) is 17.8 Å². The van der Waals surface area contributed by atoms with Crippen LogP contribution in [0.3, 0.4) is 0 Å². The van der Waals surface area contributed by atoms with Crippen LogP contribution in [0.15, 0.2) is 54.9 Å². The molecule has 1 aliphatic heterocycles. The molecule has 1 aromatic carbocycles. The molecule has 1 aliphatic rings. The van der Waals surface area contributed by atoms with Gasteiger partial charge in [-0.3, -0.25) is 14.7 Å². The molecule has 0 saturated carbocycles. The number of carbonyl (C=O) groups is 1. The zero-order valence-corrected chi connectivity index (χ0v) is 13.1. The molecule has 1 fully saturated rings. The van der Waals surface area contributed by atoms with E-state index in [-0.39, 0.29) is 5.91 Å². The Bertz CT molecular complexity index is 676. The largest absolute Gasteiger partial charge is 0.323 e. The van der Waals surface area contributed by atoms with Crippen LogP contribution < -0.4 is 5.32 Å². The van der Waals surface area contributed by atoms with Crippen LogP contribution in [-0.4, -0.2) is 28.9 Å². The van der Waals surface area contributed by atoms with Gasteiger partial charge in [-0.1, -0.05) is 18.2 Å². The topological polar surface area (TPSA) is 45.2 Å². The fraction of sp³-hybridized carbons (Fsp3) is 0.263.